The third-order valence-electron chi connectivity index (χ3n) is 3.95. The first-order valence-corrected chi connectivity index (χ1v) is 8.26. The number of benzene rings is 1. The van der Waals surface area contributed by atoms with Crippen LogP contribution < -0.4 is 5.73 Å². The Hall–Kier alpha value is -1.30. The number of carbonyl (C=O) groups excluding carboxylic acids is 1. The van der Waals surface area contributed by atoms with Crippen molar-refractivity contribution in [3.63, 3.8) is 0 Å². The van der Waals surface area contributed by atoms with Crippen molar-refractivity contribution in [2.24, 2.45) is 0 Å². The molecule has 2 aromatic rings. The topological polar surface area (TPSA) is 59.2 Å². The molecule has 0 aliphatic heterocycles. The summed E-state index contributed by atoms with van der Waals surface area (Å²) in [5.74, 6) is -0.0110. The number of hydrogen-bond donors (Lipinski definition) is 1. The number of nitrogens with zero attached hydrogens (tertiary/aromatic N) is 2. The van der Waals surface area contributed by atoms with Gasteiger partial charge >= 0.3 is 0 Å². The zero-order valence-corrected chi connectivity index (χ0v) is 17.1. The summed E-state index contributed by atoms with van der Waals surface area (Å²) in [6.07, 6.45) is 0.921. The molecule has 0 aliphatic carbocycles. The minimum Gasteiger partial charge on any atom is -0.399 e. The van der Waals surface area contributed by atoms with Crippen molar-refractivity contribution in [3.05, 3.63) is 44.9 Å². The van der Waals surface area contributed by atoms with Gasteiger partial charge in [-0.1, -0.05) is 13.0 Å². The summed E-state index contributed by atoms with van der Waals surface area (Å²) in [6.45, 7) is 8.07. The van der Waals surface area contributed by atoms with Crippen LogP contribution in [0, 0.1) is 13.8 Å². The Bertz CT molecular complexity index is 703. The van der Waals surface area contributed by atoms with Gasteiger partial charge in [-0.25, -0.2) is 4.98 Å². The monoisotopic (exact) mass is 389 g/mol. The number of aromatic nitrogens is 1. The molecular formula is C17H25Cl2N3OS. The van der Waals surface area contributed by atoms with Gasteiger partial charge in [-0.05, 0) is 44.9 Å². The van der Waals surface area contributed by atoms with E-state index in [-0.39, 0.29) is 36.8 Å². The molecule has 0 spiro atoms. The van der Waals surface area contributed by atoms with Crippen molar-refractivity contribution in [3.8, 4) is 0 Å². The lowest BCUT2D eigenvalue weighted by Gasteiger charge is -2.25. The van der Waals surface area contributed by atoms with Crippen LogP contribution in [0.1, 0.15) is 51.4 Å². The third-order valence-corrected chi connectivity index (χ3v) is 5.42. The quantitative estimate of drug-likeness (QED) is 0.778. The van der Waals surface area contributed by atoms with Crippen LogP contribution in [0.2, 0.25) is 0 Å². The largest absolute Gasteiger partial charge is 0.399 e. The molecule has 0 fully saturated rings. The Morgan fingerprint density at radius 1 is 1.33 bits per heavy atom. The van der Waals surface area contributed by atoms with Gasteiger partial charge in [0.2, 0.25) is 0 Å². The summed E-state index contributed by atoms with van der Waals surface area (Å²) in [5, 5.41) is 1.11. The maximum absolute atomic E-state index is 12.8. The van der Waals surface area contributed by atoms with Crippen LogP contribution in [-0.2, 0) is 6.42 Å². The summed E-state index contributed by atoms with van der Waals surface area (Å²) in [7, 11) is 1.83. The fourth-order valence-corrected chi connectivity index (χ4v) is 3.52. The smallest absolute Gasteiger partial charge is 0.254 e. The summed E-state index contributed by atoms with van der Waals surface area (Å²) in [5.41, 5.74) is 9.04. The molecule has 1 aromatic carbocycles. The Morgan fingerprint density at radius 3 is 2.50 bits per heavy atom. The maximum atomic E-state index is 12.8. The summed E-state index contributed by atoms with van der Waals surface area (Å²) in [6, 6.07) is 5.44. The second-order valence-electron chi connectivity index (χ2n) is 5.58. The lowest BCUT2D eigenvalue weighted by molar-refractivity contribution is 0.0744. The molecule has 134 valence electrons. The van der Waals surface area contributed by atoms with E-state index in [1.54, 1.807) is 22.3 Å². The van der Waals surface area contributed by atoms with E-state index in [0.717, 1.165) is 27.6 Å². The molecule has 1 aromatic heterocycles. The van der Waals surface area contributed by atoms with E-state index in [1.165, 1.54) is 0 Å². The number of nitrogens with two attached hydrogens (primary N) is 1. The van der Waals surface area contributed by atoms with Crippen LogP contribution in [-0.4, -0.2) is 22.8 Å². The average Bonchev–Trinajstić information content (AvgIpc) is 2.88. The van der Waals surface area contributed by atoms with E-state index in [2.05, 4.69) is 11.9 Å². The first kappa shape index (κ1) is 22.7. The van der Waals surface area contributed by atoms with Gasteiger partial charge in [0.15, 0.2) is 0 Å². The zero-order valence-electron chi connectivity index (χ0n) is 14.6. The van der Waals surface area contributed by atoms with Gasteiger partial charge in [0.05, 0.1) is 16.7 Å². The number of amides is 1. The van der Waals surface area contributed by atoms with E-state index in [9.17, 15) is 4.79 Å². The van der Waals surface area contributed by atoms with E-state index in [1.807, 2.05) is 40.0 Å². The number of hydrogen-bond acceptors (Lipinski definition) is 4. The fourth-order valence-electron chi connectivity index (χ4n) is 2.42. The van der Waals surface area contributed by atoms with Crippen LogP contribution in [0.25, 0.3) is 0 Å². The molecular weight excluding hydrogens is 365 g/mol. The van der Waals surface area contributed by atoms with Crippen molar-refractivity contribution in [1.29, 1.82) is 0 Å². The van der Waals surface area contributed by atoms with Crippen LogP contribution >= 0.6 is 36.2 Å². The van der Waals surface area contributed by atoms with E-state index >= 15 is 0 Å². The summed E-state index contributed by atoms with van der Waals surface area (Å²) >= 11 is 1.69. The molecule has 1 amide bonds. The molecule has 2 rings (SSSR count). The van der Waals surface area contributed by atoms with Crippen LogP contribution in [0.5, 0.6) is 0 Å². The average molecular weight is 390 g/mol. The van der Waals surface area contributed by atoms with Gasteiger partial charge in [-0.2, -0.15) is 0 Å². The van der Waals surface area contributed by atoms with Gasteiger partial charge in [0.1, 0.15) is 0 Å². The second kappa shape index (κ2) is 9.25. The van der Waals surface area contributed by atoms with Gasteiger partial charge in [-0.3, -0.25) is 4.79 Å². The Labute approximate surface area is 160 Å². The van der Waals surface area contributed by atoms with Crippen LogP contribution in [0.4, 0.5) is 5.69 Å². The van der Waals surface area contributed by atoms with Crippen molar-refractivity contribution in [1.82, 2.24) is 9.88 Å². The lowest BCUT2D eigenvalue weighted by atomic mass is 10.1. The zero-order chi connectivity index (χ0) is 16.4. The highest BCUT2D eigenvalue weighted by molar-refractivity contribution is 7.11. The Kier molecular flexibility index (Phi) is 8.75. The van der Waals surface area contributed by atoms with Crippen molar-refractivity contribution in [2.45, 2.75) is 40.2 Å². The highest BCUT2D eigenvalue weighted by Crippen LogP contribution is 2.30. The molecule has 0 radical (unpaired) electrons. The number of anilines is 1. The standard InChI is InChI=1S/C17H23N3OS.2ClH/c1-6-15-19-11(3)16(22-15)12(4)20(5)17(21)14-9-13(18)8-7-10(14)2;;/h7-9,12H,6,18H2,1-5H3;2*1H. The number of halogens is 2. The van der Waals surface area contributed by atoms with Crippen LogP contribution in [0.15, 0.2) is 18.2 Å². The molecule has 2 N–H and O–H groups in total. The lowest BCUT2D eigenvalue weighted by Crippen LogP contribution is -2.30. The predicted octanol–water partition coefficient (Wildman–Crippen LogP) is 4.58. The highest BCUT2D eigenvalue weighted by atomic mass is 35.5. The fraction of sp³-hybridized carbons (Fsp3) is 0.412. The minimum absolute atomic E-state index is 0. The molecule has 0 bridgehead atoms. The number of nitrogen functional groups attached to an aromatic ring is 1. The van der Waals surface area contributed by atoms with E-state index in [0.29, 0.717) is 11.3 Å². The van der Waals surface area contributed by atoms with Gasteiger partial charge in [0.25, 0.3) is 5.91 Å². The second-order valence-corrected chi connectivity index (χ2v) is 6.69. The maximum Gasteiger partial charge on any atom is 0.254 e. The Morgan fingerprint density at radius 2 is 1.96 bits per heavy atom. The van der Waals surface area contributed by atoms with Gasteiger partial charge < -0.3 is 10.6 Å². The van der Waals surface area contributed by atoms with Crippen molar-refractivity contribution >= 4 is 47.7 Å². The SMILES string of the molecule is CCc1nc(C)c(C(C)N(C)C(=O)c2cc(N)ccc2C)s1.Cl.Cl. The first-order chi connectivity index (χ1) is 10.3. The molecule has 0 aliphatic rings. The number of aryl methyl sites for hydroxylation is 3. The van der Waals surface area contributed by atoms with Crippen LogP contribution in [0.3, 0.4) is 0 Å². The van der Waals surface area contributed by atoms with E-state index in [4.69, 9.17) is 5.73 Å². The molecule has 1 atom stereocenters. The minimum atomic E-state index is -0.0110. The predicted molar refractivity (Wildman–Crippen MR) is 107 cm³/mol. The van der Waals surface area contributed by atoms with Crippen molar-refractivity contribution < 1.29 is 4.79 Å². The number of rotatable bonds is 4. The highest BCUT2D eigenvalue weighted by Gasteiger charge is 2.23. The molecule has 24 heavy (non-hydrogen) atoms. The molecule has 1 heterocycles. The molecule has 0 saturated carbocycles. The van der Waals surface area contributed by atoms with E-state index < -0.39 is 0 Å². The number of carbonyl (C=O) groups is 1. The molecule has 1 unspecified atom stereocenters. The van der Waals surface area contributed by atoms with Crippen molar-refractivity contribution in [2.75, 3.05) is 12.8 Å². The molecule has 4 nitrogen and oxygen atoms in total. The summed E-state index contributed by atoms with van der Waals surface area (Å²) in [4.78, 5) is 20.2. The molecule has 7 heteroatoms. The number of thiazole rings is 1. The normalized spacial score (nSPS) is 11.2. The first-order valence-electron chi connectivity index (χ1n) is 7.44. The Balaban J connectivity index is 0.00000264. The van der Waals surface area contributed by atoms with Gasteiger partial charge in [-0.15, -0.1) is 36.2 Å². The third kappa shape index (κ3) is 4.62. The molecule has 0 saturated heterocycles. The summed E-state index contributed by atoms with van der Waals surface area (Å²) < 4.78 is 0. The van der Waals surface area contributed by atoms with Gasteiger partial charge in [0, 0.05) is 23.2 Å².